The smallest absolute Gasteiger partial charge is 0.227 e. The van der Waals surface area contributed by atoms with Crippen LogP contribution in [-0.2, 0) is 9.59 Å². The number of anilines is 1. The van der Waals surface area contributed by atoms with Gasteiger partial charge >= 0.3 is 0 Å². The number of amides is 2. The van der Waals surface area contributed by atoms with Crippen LogP contribution in [0.5, 0.6) is 0 Å². The number of nitrogens with zero attached hydrogens (tertiary/aromatic N) is 1. The van der Waals surface area contributed by atoms with Crippen molar-refractivity contribution < 1.29 is 9.59 Å². The van der Waals surface area contributed by atoms with Gasteiger partial charge in [0.1, 0.15) is 0 Å². The summed E-state index contributed by atoms with van der Waals surface area (Å²) in [5.74, 6) is -0.396. The van der Waals surface area contributed by atoms with Crippen molar-refractivity contribution in [2.45, 2.75) is 44.6 Å². The van der Waals surface area contributed by atoms with Crippen LogP contribution < -0.4 is 10.2 Å². The molecule has 1 aromatic rings. The summed E-state index contributed by atoms with van der Waals surface area (Å²) in [6.45, 7) is 0.374. The highest BCUT2D eigenvalue weighted by Gasteiger charge is 2.36. The summed E-state index contributed by atoms with van der Waals surface area (Å²) < 4.78 is 0. The molecule has 3 rings (SSSR count). The average molecular weight is 355 g/mol. The molecule has 124 valence electrons. The van der Waals surface area contributed by atoms with Gasteiger partial charge in [-0.2, -0.15) is 0 Å². The topological polar surface area (TPSA) is 49.4 Å². The van der Waals surface area contributed by atoms with Crippen LogP contribution in [0.1, 0.15) is 38.5 Å². The van der Waals surface area contributed by atoms with Crippen molar-refractivity contribution in [3.05, 3.63) is 28.2 Å². The SMILES string of the molecule is O=C(NC1CCCCC1)C1CC(=O)N(c2ccc(Cl)cc2Cl)C1. The van der Waals surface area contributed by atoms with E-state index in [2.05, 4.69) is 5.32 Å². The molecule has 2 amide bonds. The van der Waals surface area contributed by atoms with Crippen LogP contribution in [0.4, 0.5) is 5.69 Å². The average Bonchev–Trinajstić information content (AvgIpc) is 2.90. The molecule has 1 unspecified atom stereocenters. The van der Waals surface area contributed by atoms with E-state index in [-0.39, 0.29) is 30.2 Å². The minimum atomic E-state index is -0.309. The standard InChI is InChI=1S/C17H20Cl2N2O2/c18-12-6-7-15(14(19)9-12)21-10-11(8-16(21)22)17(23)20-13-4-2-1-3-5-13/h6-7,9,11,13H,1-5,8,10H2,(H,20,23). The Labute approximate surface area is 146 Å². The molecule has 23 heavy (non-hydrogen) atoms. The molecular formula is C17H20Cl2N2O2. The van der Waals surface area contributed by atoms with E-state index in [0.717, 1.165) is 12.8 Å². The number of carbonyl (C=O) groups is 2. The third-order valence-corrected chi connectivity index (χ3v) is 5.19. The Morgan fingerprint density at radius 3 is 2.61 bits per heavy atom. The number of benzene rings is 1. The van der Waals surface area contributed by atoms with Gasteiger partial charge in [-0.1, -0.05) is 42.5 Å². The van der Waals surface area contributed by atoms with Gasteiger partial charge < -0.3 is 10.2 Å². The van der Waals surface area contributed by atoms with Gasteiger partial charge in [0.15, 0.2) is 0 Å². The normalized spacial score (nSPS) is 22.4. The summed E-state index contributed by atoms with van der Waals surface area (Å²) in [6.07, 6.45) is 5.90. The molecule has 6 heteroatoms. The number of nitrogens with one attached hydrogen (secondary N) is 1. The largest absolute Gasteiger partial charge is 0.353 e. The first-order valence-corrected chi connectivity index (χ1v) is 8.86. The zero-order valence-corrected chi connectivity index (χ0v) is 14.4. The molecule has 0 bridgehead atoms. The van der Waals surface area contributed by atoms with Crippen molar-refractivity contribution >= 4 is 40.7 Å². The van der Waals surface area contributed by atoms with E-state index < -0.39 is 0 Å². The summed E-state index contributed by atoms with van der Waals surface area (Å²) in [4.78, 5) is 26.3. The second-order valence-electron chi connectivity index (χ2n) is 6.34. The molecule has 0 aromatic heterocycles. The molecule has 2 fully saturated rings. The van der Waals surface area contributed by atoms with Crippen molar-refractivity contribution in [3.63, 3.8) is 0 Å². The van der Waals surface area contributed by atoms with Crippen LogP contribution in [0.25, 0.3) is 0 Å². The second kappa shape index (κ2) is 7.10. The van der Waals surface area contributed by atoms with Gasteiger partial charge in [0.05, 0.1) is 16.6 Å². The molecule has 1 heterocycles. The van der Waals surface area contributed by atoms with Crippen molar-refractivity contribution in [1.82, 2.24) is 5.32 Å². The van der Waals surface area contributed by atoms with Gasteiger partial charge in [0.2, 0.25) is 11.8 Å². The highest BCUT2D eigenvalue weighted by Crippen LogP contribution is 2.33. The van der Waals surface area contributed by atoms with Gasteiger partial charge in [-0.15, -0.1) is 0 Å². The summed E-state index contributed by atoms with van der Waals surface area (Å²) >= 11 is 12.1. The number of carbonyl (C=O) groups excluding carboxylic acids is 2. The Kier molecular flexibility index (Phi) is 5.12. The van der Waals surface area contributed by atoms with Crippen molar-refractivity contribution in [2.75, 3.05) is 11.4 Å². The molecule has 1 N–H and O–H groups in total. The van der Waals surface area contributed by atoms with Crippen molar-refractivity contribution in [3.8, 4) is 0 Å². The first-order valence-electron chi connectivity index (χ1n) is 8.10. The fraction of sp³-hybridized carbons (Fsp3) is 0.529. The first-order chi connectivity index (χ1) is 11.0. The number of halogens is 2. The minimum Gasteiger partial charge on any atom is -0.353 e. The van der Waals surface area contributed by atoms with Crippen molar-refractivity contribution in [1.29, 1.82) is 0 Å². The van der Waals surface area contributed by atoms with Gasteiger partial charge in [-0.25, -0.2) is 0 Å². The van der Waals surface area contributed by atoms with Crippen LogP contribution in [-0.4, -0.2) is 24.4 Å². The molecule has 4 nitrogen and oxygen atoms in total. The fourth-order valence-corrected chi connectivity index (χ4v) is 3.89. The van der Waals surface area contributed by atoms with Crippen LogP contribution in [0, 0.1) is 5.92 Å². The third-order valence-electron chi connectivity index (χ3n) is 4.65. The summed E-state index contributed by atoms with van der Waals surface area (Å²) in [5.41, 5.74) is 0.619. The Hall–Kier alpha value is -1.26. The van der Waals surface area contributed by atoms with Gasteiger partial charge in [0.25, 0.3) is 0 Å². The Morgan fingerprint density at radius 1 is 1.17 bits per heavy atom. The predicted molar refractivity (Wildman–Crippen MR) is 91.9 cm³/mol. The van der Waals surface area contributed by atoms with E-state index in [1.165, 1.54) is 19.3 Å². The zero-order chi connectivity index (χ0) is 16.4. The Bertz CT molecular complexity index is 615. The quantitative estimate of drug-likeness (QED) is 0.897. The number of hydrogen-bond acceptors (Lipinski definition) is 2. The predicted octanol–water partition coefficient (Wildman–Crippen LogP) is 3.80. The summed E-state index contributed by atoms with van der Waals surface area (Å²) in [5, 5.41) is 4.06. The lowest BCUT2D eigenvalue weighted by molar-refractivity contribution is -0.127. The molecule has 1 atom stereocenters. The molecule has 1 aromatic carbocycles. The highest BCUT2D eigenvalue weighted by molar-refractivity contribution is 6.36. The number of rotatable bonds is 3. The molecule has 1 saturated carbocycles. The maximum atomic E-state index is 12.4. The van der Waals surface area contributed by atoms with Gasteiger partial charge in [-0.3, -0.25) is 9.59 Å². The Balaban J connectivity index is 1.65. The molecule has 0 spiro atoms. The van der Waals surface area contributed by atoms with E-state index in [4.69, 9.17) is 23.2 Å². The van der Waals surface area contributed by atoms with Gasteiger partial charge in [0, 0.05) is 24.0 Å². The van der Waals surface area contributed by atoms with Crippen LogP contribution >= 0.6 is 23.2 Å². The van der Waals surface area contributed by atoms with E-state index in [9.17, 15) is 9.59 Å². The molecule has 1 saturated heterocycles. The number of hydrogen-bond donors (Lipinski definition) is 1. The monoisotopic (exact) mass is 354 g/mol. The lowest BCUT2D eigenvalue weighted by Gasteiger charge is -2.24. The van der Waals surface area contributed by atoms with E-state index in [1.807, 2.05) is 0 Å². The third kappa shape index (κ3) is 3.81. The summed E-state index contributed by atoms with van der Waals surface area (Å²) in [6, 6.07) is 5.30. The van der Waals surface area contributed by atoms with E-state index >= 15 is 0 Å². The second-order valence-corrected chi connectivity index (χ2v) is 7.19. The lowest BCUT2D eigenvalue weighted by Crippen LogP contribution is -2.40. The fourth-order valence-electron chi connectivity index (χ4n) is 3.38. The van der Waals surface area contributed by atoms with E-state index in [1.54, 1.807) is 23.1 Å². The summed E-state index contributed by atoms with van der Waals surface area (Å²) in [7, 11) is 0. The van der Waals surface area contributed by atoms with Gasteiger partial charge in [-0.05, 0) is 31.0 Å². The Morgan fingerprint density at radius 2 is 1.91 bits per heavy atom. The van der Waals surface area contributed by atoms with E-state index in [0.29, 0.717) is 22.3 Å². The molecule has 1 aliphatic heterocycles. The lowest BCUT2D eigenvalue weighted by atomic mass is 9.95. The molecular weight excluding hydrogens is 335 g/mol. The maximum Gasteiger partial charge on any atom is 0.227 e. The molecule has 1 aliphatic carbocycles. The molecule has 2 aliphatic rings. The highest BCUT2D eigenvalue weighted by atomic mass is 35.5. The van der Waals surface area contributed by atoms with Crippen LogP contribution in [0.15, 0.2) is 18.2 Å². The molecule has 0 radical (unpaired) electrons. The first kappa shape index (κ1) is 16.6. The zero-order valence-electron chi connectivity index (χ0n) is 12.9. The van der Waals surface area contributed by atoms with Crippen LogP contribution in [0.3, 0.4) is 0 Å². The minimum absolute atomic E-state index is 0.0159. The maximum absolute atomic E-state index is 12.4. The van der Waals surface area contributed by atoms with Crippen molar-refractivity contribution in [2.24, 2.45) is 5.92 Å². The van der Waals surface area contributed by atoms with Crippen LogP contribution in [0.2, 0.25) is 10.0 Å².